The number of aliphatic carboxylic acids is 1. The number of fused-ring (bicyclic) bond motifs is 1. The number of alkyl halides is 3. The molecule has 0 saturated heterocycles. The lowest BCUT2D eigenvalue weighted by Crippen LogP contribution is -2.47. The Labute approximate surface area is 260 Å². The van der Waals surface area contributed by atoms with E-state index in [-0.39, 0.29) is 41.7 Å². The van der Waals surface area contributed by atoms with E-state index in [0.717, 1.165) is 41.8 Å². The van der Waals surface area contributed by atoms with Crippen LogP contribution in [0.1, 0.15) is 48.9 Å². The monoisotopic (exact) mass is 650 g/mol. The van der Waals surface area contributed by atoms with Crippen molar-refractivity contribution in [1.82, 2.24) is 9.62 Å². The number of likely N-dealkylation sites (N-methyl/N-ethyl adjacent to an activating group) is 1. The topological polar surface area (TPSA) is 107 Å². The van der Waals surface area contributed by atoms with Crippen LogP contribution in [-0.2, 0) is 40.3 Å². The van der Waals surface area contributed by atoms with E-state index in [4.69, 9.17) is 5.11 Å². The number of carboxylic acid groups (broad SMARTS) is 1. The Morgan fingerprint density at radius 2 is 1.67 bits per heavy atom. The number of hydrogen-bond donors (Lipinski definition) is 3. The molecule has 0 saturated carbocycles. The van der Waals surface area contributed by atoms with Crippen molar-refractivity contribution in [2.45, 2.75) is 68.7 Å². The summed E-state index contributed by atoms with van der Waals surface area (Å²) < 4.78 is 83.6. The Hall–Kier alpha value is -3.32. The van der Waals surface area contributed by atoms with E-state index in [0.29, 0.717) is 12.0 Å². The van der Waals surface area contributed by atoms with Gasteiger partial charge < -0.3 is 15.5 Å². The van der Waals surface area contributed by atoms with Crippen molar-refractivity contribution >= 4 is 16.0 Å². The summed E-state index contributed by atoms with van der Waals surface area (Å²) in [6.07, 6.45) is -3.87. The summed E-state index contributed by atoms with van der Waals surface area (Å²) in [5.41, 5.74) is 1.03. The molecular formula is C33H38F4N2O5S. The van der Waals surface area contributed by atoms with Gasteiger partial charge in [-0.05, 0) is 104 Å². The number of benzene rings is 3. The first kappa shape index (κ1) is 34.6. The largest absolute Gasteiger partial charge is 0.481 e. The van der Waals surface area contributed by atoms with Gasteiger partial charge in [0.25, 0.3) is 0 Å². The molecule has 3 aromatic rings. The normalized spacial score (nSPS) is 15.0. The van der Waals surface area contributed by atoms with E-state index in [1.54, 1.807) is 0 Å². The fourth-order valence-corrected chi connectivity index (χ4v) is 7.17. The van der Waals surface area contributed by atoms with Crippen LogP contribution in [0.5, 0.6) is 0 Å². The van der Waals surface area contributed by atoms with Crippen LogP contribution in [0, 0.1) is 11.7 Å². The maximum Gasteiger partial charge on any atom is 0.416 e. The average Bonchev–Trinajstić information content (AvgIpc) is 3.36. The van der Waals surface area contributed by atoms with Crippen LogP contribution in [0.3, 0.4) is 0 Å². The molecule has 45 heavy (non-hydrogen) atoms. The zero-order chi connectivity index (χ0) is 33.2. The van der Waals surface area contributed by atoms with Crippen LogP contribution in [0.4, 0.5) is 17.6 Å². The second-order valence-electron chi connectivity index (χ2n) is 12.4. The van der Waals surface area contributed by atoms with Crippen LogP contribution in [0.15, 0.2) is 65.6 Å². The molecule has 1 aliphatic carbocycles. The molecule has 0 amide bonds. The summed E-state index contributed by atoms with van der Waals surface area (Å²) >= 11 is 0. The molecule has 1 atom stereocenters. The number of hydrogen-bond acceptors (Lipinski definition) is 5. The van der Waals surface area contributed by atoms with Crippen molar-refractivity contribution in [2.24, 2.45) is 5.92 Å². The van der Waals surface area contributed by atoms with Crippen LogP contribution >= 0.6 is 0 Å². The highest BCUT2D eigenvalue weighted by Crippen LogP contribution is 2.36. The van der Waals surface area contributed by atoms with Gasteiger partial charge in [0.15, 0.2) is 0 Å². The molecule has 0 bridgehead atoms. The first-order valence-corrected chi connectivity index (χ1v) is 16.1. The number of rotatable bonds is 13. The van der Waals surface area contributed by atoms with Crippen molar-refractivity contribution in [1.29, 1.82) is 0 Å². The highest BCUT2D eigenvalue weighted by Gasteiger charge is 2.34. The second-order valence-corrected chi connectivity index (χ2v) is 14.4. The van der Waals surface area contributed by atoms with E-state index in [2.05, 4.69) is 17.4 Å². The number of sulfonamides is 1. The molecule has 0 radical (unpaired) electrons. The van der Waals surface area contributed by atoms with Gasteiger partial charge in [0.05, 0.1) is 16.6 Å². The predicted molar refractivity (Wildman–Crippen MR) is 163 cm³/mol. The molecule has 12 heteroatoms. The predicted octanol–water partition coefficient (Wildman–Crippen LogP) is 5.68. The third-order valence-corrected chi connectivity index (χ3v) is 9.95. The molecule has 4 rings (SSSR count). The quantitative estimate of drug-likeness (QED) is 0.206. The van der Waals surface area contributed by atoms with Gasteiger partial charge in [0, 0.05) is 32.1 Å². The van der Waals surface area contributed by atoms with Crippen LogP contribution in [0.2, 0.25) is 0 Å². The molecular weight excluding hydrogens is 612 g/mol. The first-order valence-electron chi connectivity index (χ1n) is 14.6. The Kier molecular flexibility index (Phi) is 10.4. The maximum absolute atomic E-state index is 14.3. The molecule has 1 unspecified atom stereocenters. The number of carboxylic acids is 1. The van der Waals surface area contributed by atoms with Crippen LogP contribution in [-0.4, -0.2) is 60.7 Å². The SMILES string of the molecule is CN(CC(O)CNC(C)(C)CC1Cc2ccccc2C1)S(=O)(=O)c1cc(-c2ccc(F)c(CCC(=O)O)c2)cc(C(F)(F)F)c1. The van der Waals surface area contributed by atoms with Crippen molar-refractivity contribution < 1.29 is 41.0 Å². The molecule has 0 heterocycles. The summed E-state index contributed by atoms with van der Waals surface area (Å²) in [6.45, 7) is 3.71. The molecule has 244 valence electrons. The molecule has 1 aliphatic rings. The second kappa shape index (κ2) is 13.6. The molecule has 0 spiro atoms. The Morgan fingerprint density at radius 1 is 1.02 bits per heavy atom. The molecule has 0 aliphatic heterocycles. The molecule has 3 aromatic carbocycles. The lowest BCUT2D eigenvalue weighted by molar-refractivity contribution is -0.138. The third-order valence-electron chi connectivity index (χ3n) is 8.15. The first-order chi connectivity index (χ1) is 20.9. The molecule has 3 N–H and O–H groups in total. The van der Waals surface area contributed by atoms with Crippen molar-refractivity contribution in [3.63, 3.8) is 0 Å². The van der Waals surface area contributed by atoms with Crippen molar-refractivity contribution in [2.75, 3.05) is 20.1 Å². The zero-order valence-corrected chi connectivity index (χ0v) is 26.2. The Bertz CT molecular complexity index is 1620. The summed E-state index contributed by atoms with van der Waals surface area (Å²) in [7, 11) is -3.31. The van der Waals surface area contributed by atoms with E-state index in [9.17, 15) is 35.9 Å². The van der Waals surface area contributed by atoms with Gasteiger partial charge in [0.1, 0.15) is 5.82 Å². The molecule has 0 aromatic heterocycles. The summed E-state index contributed by atoms with van der Waals surface area (Å²) in [6, 6.07) is 14.1. The van der Waals surface area contributed by atoms with E-state index in [1.807, 2.05) is 26.0 Å². The lowest BCUT2D eigenvalue weighted by Gasteiger charge is -2.31. The number of carbonyl (C=O) groups is 1. The minimum atomic E-state index is -4.89. The van der Waals surface area contributed by atoms with E-state index >= 15 is 0 Å². The third kappa shape index (κ3) is 8.90. The summed E-state index contributed by atoms with van der Waals surface area (Å²) in [5.74, 6) is -1.47. The Morgan fingerprint density at radius 3 is 2.27 bits per heavy atom. The van der Waals surface area contributed by atoms with Gasteiger partial charge in [0.2, 0.25) is 10.0 Å². The van der Waals surface area contributed by atoms with E-state index < -0.39 is 51.0 Å². The highest BCUT2D eigenvalue weighted by atomic mass is 32.2. The van der Waals surface area contributed by atoms with Crippen LogP contribution in [0.25, 0.3) is 11.1 Å². The van der Waals surface area contributed by atoms with E-state index in [1.165, 1.54) is 30.3 Å². The van der Waals surface area contributed by atoms with Crippen molar-refractivity contribution in [3.8, 4) is 11.1 Å². The minimum absolute atomic E-state index is 0.0233. The number of aryl methyl sites for hydroxylation is 1. The number of aliphatic hydroxyl groups is 1. The summed E-state index contributed by atoms with van der Waals surface area (Å²) in [4.78, 5) is 10.3. The van der Waals surface area contributed by atoms with Crippen LogP contribution < -0.4 is 5.32 Å². The fraction of sp³-hybridized carbons (Fsp3) is 0.424. The number of halogens is 4. The summed E-state index contributed by atoms with van der Waals surface area (Å²) in [5, 5.41) is 23.0. The molecule has 7 nitrogen and oxygen atoms in total. The van der Waals surface area contributed by atoms with Gasteiger partial charge in [-0.25, -0.2) is 12.8 Å². The fourth-order valence-electron chi connectivity index (χ4n) is 5.89. The Balaban J connectivity index is 1.47. The smallest absolute Gasteiger partial charge is 0.416 e. The number of nitrogens with one attached hydrogen (secondary N) is 1. The van der Waals surface area contributed by atoms with Gasteiger partial charge in [-0.3, -0.25) is 4.79 Å². The molecule has 0 fully saturated rings. The minimum Gasteiger partial charge on any atom is -0.481 e. The maximum atomic E-state index is 14.3. The van der Waals surface area contributed by atoms with Crippen molar-refractivity contribution in [3.05, 3.63) is 88.7 Å². The number of β-amino-alcohol motifs (C(OH)–C–C–N with tert-alkyl or cyclic N) is 1. The lowest BCUT2D eigenvalue weighted by atomic mass is 9.88. The van der Waals surface area contributed by atoms with Gasteiger partial charge >= 0.3 is 12.1 Å². The standard InChI is InChI=1S/C33H38F4N2O5S/c1-32(2,18-21-12-22-6-4-5-7-23(22)13-21)38-19-28(40)20-39(3)45(43,44)29-16-26(15-27(17-29)33(35,36)37)24-8-10-30(34)25(14-24)9-11-31(41)42/h4-8,10,14-17,21,28,38,40H,9,11-13,18-20H2,1-3H3,(H,41,42). The zero-order valence-electron chi connectivity index (χ0n) is 25.4. The van der Waals surface area contributed by atoms with Gasteiger partial charge in [-0.2, -0.15) is 17.5 Å². The van der Waals surface area contributed by atoms with Gasteiger partial charge in [-0.1, -0.05) is 30.3 Å². The highest BCUT2D eigenvalue weighted by molar-refractivity contribution is 7.89. The number of nitrogens with zero attached hydrogens (tertiary/aromatic N) is 1. The average molecular weight is 651 g/mol. The van der Waals surface area contributed by atoms with Gasteiger partial charge in [-0.15, -0.1) is 0 Å². The number of aliphatic hydroxyl groups excluding tert-OH is 1.